The molecule has 3 heteroatoms. The molecule has 0 aliphatic carbocycles. The van der Waals surface area contributed by atoms with Crippen molar-refractivity contribution in [1.29, 1.82) is 0 Å². The number of aliphatic hydroxyl groups is 1. The lowest BCUT2D eigenvalue weighted by molar-refractivity contribution is -0.131. The molecule has 0 aromatic heterocycles. The Morgan fingerprint density at radius 2 is 2.23 bits per heavy atom. The van der Waals surface area contributed by atoms with Crippen LogP contribution in [0, 0.1) is 6.92 Å². The topological polar surface area (TPSA) is 46.5 Å². The maximum absolute atomic E-state index is 10.7. The second-order valence-electron chi connectivity index (χ2n) is 2.85. The van der Waals surface area contributed by atoms with E-state index in [0.29, 0.717) is 5.75 Å². The van der Waals surface area contributed by atoms with Crippen molar-refractivity contribution < 1.29 is 14.6 Å². The fourth-order valence-corrected chi connectivity index (χ4v) is 1.01. The van der Waals surface area contributed by atoms with Gasteiger partial charge in [0.2, 0.25) is 0 Å². The van der Waals surface area contributed by atoms with Gasteiger partial charge < -0.3 is 9.84 Å². The molecule has 0 aliphatic rings. The Labute approximate surface area is 77.0 Å². The lowest BCUT2D eigenvalue weighted by atomic mass is 10.1. The summed E-state index contributed by atoms with van der Waals surface area (Å²) in [5, 5.41) is 8.85. The van der Waals surface area contributed by atoms with Crippen LogP contribution in [0.25, 0.3) is 0 Å². The molecule has 0 unspecified atom stereocenters. The number of aryl methyl sites for hydroxylation is 1. The van der Waals surface area contributed by atoms with Crippen LogP contribution in [0.5, 0.6) is 5.75 Å². The van der Waals surface area contributed by atoms with Crippen molar-refractivity contribution >= 4 is 5.97 Å². The van der Waals surface area contributed by atoms with Crippen molar-refractivity contribution in [2.45, 2.75) is 20.5 Å². The van der Waals surface area contributed by atoms with Crippen LogP contribution in [0.2, 0.25) is 0 Å². The summed E-state index contributed by atoms with van der Waals surface area (Å²) in [5.41, 5.74) is 1.62. The normalized spacial score (nSPS) is 9.77. The average molecular weight is 180 g/mol. The third-order valence-corrected chi connectivity index (χ3v) is 1.69. The van der Waals surface area contributed by atoms with Crippen LogP contribution in [-0.2, 0) is 11.4 Å². The van der Waals surface area contributed by atoms with Crippen molar-refractivity contribution in [3.8, 4) is 5.75 Å². The maximum atomic E-state index is 10.7. The van der Waals surface area contributed by atoms with Crippen molar-refractivity contribution in [1.82, 2.24) is 0 Å². The van der Waals surface area contributed by atoms with Crippen molar-refractivity contribution in [2.24, 2.45) is 0 Å². The summed E-state index contributed by atoms with van der Waals surface area (Å²) in [7, 11) is 0. The monoisotopic (exact) mass is 180 g/mol. The molecular weight excluding hydrogens is 168 g/mol. The van der Waals surface area contributed by atoms with E-state index >= 15 is 0 Å². The number of carbonyl (C=O) groups excluding carboxylic acids is 1. The van der Waals surface area contributed by atoms with Gasteiger partial charge in [0.15, 0.2) is 0 Å². The Balaban J connectivity index is 2.96. The number of hydrogen-bond donors (Lipinski definition) is 1. The molecule has 1 aromatic carbocycles. The van der Waals surface area contributed by atoms with Crippen molar-refractivity contribution in [2.75, 3.05) is 0 Å². The number of aliphatic hydroxyl groups excluding tert-OH is 1. The molecule has 0 fully saturated rings. The van der Waals surface area contributed by atoms with Crippen molar-refractivity contribution in [3.05, 3.63) is 29.3 Å². The summed E-state index contributed by atoms with van der Waals surface area (Å²) in [6.45, 7) is 3.15. The van der Waals surface area contributed by atoms with Gasteiger partial charge in [0.25, 0.3) is 0 Å². The molecule has 0 aliphatic heterocycles. The first kappa shape index (κ1) is 9.74. The fourth-order valence-electron chi connectivity index (χ4n) is 1.01. The Hall–Kier alpha value is -1.35. The molecule has 0 saturated carbocycles. The molecular formula is C10H12O3. The van der Waals surface area contributed by atoms with Gasteiger partial charge >= 0.3 is 5.97 Å². The second-order valence-corrected chi connectivity index (χ2v) is 2.85. The van der Waals surface area contributed by atoms with Crippen LogP contribution < -0.4 is 4.74 Å². The first-order valence-electron chi connectivity index (χ1n) is 4.02. The van der Waals surface area contributed by atoms with E-state index in [2.05, 4.69) is 0 Å². The Morgan fingerprint density at radius 1 is 1.54 bits per heavy atom. The average Bonchev–Trinajstić information content (AvgIpc) is 2.08. The molecule has 0 radical (unpaired) electrons. The predicted octanol–water partition coefficient (Wildman–Crippen LogP) is 1.41. The summed E-state index contributed by atoms with van der Waals surface area (Å²) in [6, 6.07) is 5.27. The Bertz CT molecular complexity index is 318. The molecule has 0 atom stereocenters. The summed E-state index contributed by atoms with van der Waals surface area (Å²) in [4.78, 5) is 10.7. The number of esters is 1. The highest BCUT2D eigenvalue weighted by molar-refractivity contribution is 5.69. The van der Waals surface area contributed by atoms with E-state index in [1.54, 1.807) is 12.1 Å². The van der Waals surface area contributed by atoms with Gasteiger partial charge in [-0.2, -0.15) is 0 Å². The highest BCUT2D eigenvalue weighted by Gasteiger charge is 2.03. The Morgan fingerprint density at radius 3 is 2.77 bits per heavy atom. The smallest absolute Gasteiger partial charge is 0.308 e. The van der Waals surface area contributed by atoms with Gasteiger partial charge in [-0.25, -0.2) is 0 Å². The third-order valence-electron chi connectivity index (χ3n) is 1.69. The molecule has 1 aromatic rings. The molecule has 13 heavy (non-hydrogen) atoms. The van der Waals surface area contributed by atoms with Gasteiger partial charge in [-0.05, 0) is 24.1 Å². The van der Waals surface area contributed by atoms with Gasteiger partial charge in [-0.3, -0.25) is 4.79 Å². The standard InChI is InChI=1S/C10H12O3/c1-7-3-4-9(6-11)5-10(7)13-8(2)12/h3-5,11H,6H2,1-2H3. The zero-order chi connectivity index (χ0) is 9.84. The summed E-state index contributed by atoms with van der Waals surface area (Å²) < 4.78 is 4.94. The number of ether oxygens (including phenoxy) is 1. The van der Waals surface area contributed by atoms with Crippen LogP contribution in [0.1, 0.15) is 18.1 Å². The fraction of sp³-hybridized carbons (Fsp3) is 0.300. The zero-order valence-corrected chi connectivity index (χ0v) is 7.70. The number of carbonyl (C=O) groups is 1. The van der Waals surface area contributed by atoms with Gasteiger partial charge in [-0.15, -0.1) is 0 Å². The van der Waals surface area contributed by atoms with E-state index < -0.39 is 0 Å². The minimum Gasteiger partial charge on any atom is -0.426 e. The van der Waals surface area contributed by atoms with Gasteiger partial charge in [-0.1, -0.05) is 12.1 Å². The second kappa shape index (κ2) is 4.05. The molecule has 1 N–H and O–H groups in total. The molecule has 0 saturated heterocycles. The highest BCUT2D eigenvalue weighted by Crippen LogP contribution is 2.19. The first-order valence-corrected chi connectivity index (χ1v) is 4.02. The van der Waals surface area contributed by atoms with E-state index in [1.165, 1.54) is 6.92 Å². The largest absolute Gasteiger partial charge is 0.426 e. The number of hydrogen-bond acceptors (Lipinski definition) is 3. The van der Waals surface area contributed by atoms with E-state index in [-0.39, 0.29) is 12.6 Å². The Kier molecular flexibility index (Phi) is 3.03. The van der Waals surface area contributed by atoms with Gasteiger partial charge in [0.1, 0.15) is 5.75 Å². The van der Waals surface area contributed by atoms with Gasteiger partial charge in [0.05, 0.1) is 6.61 Å². The number of benzene rings is 1. The molecule has 0 spiro atoms. The van der Waals surface area contributed by atoms with Crippen LogP contribution in [0.4, 0.5) is 0 Å². The SMILES string of the molecule is CC(=O)Oc1cc(CO)ccc1C. The highest BCUT2D eigenvalue weighted by atomic mass is 16.5. The number of rotatable bonds is 2. The third kappa shape index (κ3) is 2.56. The molecule has 1 rings (SSSR count). The lowest BCUT2D eigenvalue weighted by Crippen LogP contribution is -2.03. The molecule has 0 bridgehead atoms. The summed E-state index contributed by atoms with van der Waals surface area (Å²) >= 11 is 0. The van der Waals surface area contributed by atoms with E-state index in [0.717, 1.165) is 11.1 Å². The van der Waals surface area contributed by atoms with Crippen LogP contribution in [0.15, 0.2) is 18.2 Å². The quantitative estimate of drug-likeness (QED) is 0.553. The lowest BCUT2D eigenvalue weighted by Gasteiger charge is -2.06. The predicted molar refractivity (Wildman–Crippen MR) is 48.4 cm³/mol. The van der Waals surface area contributed by atoms with Crippen LogP contribution in [0.3, 0.4) is 0 Å². The van der Waals surface area contributed by atoms with E-state index in [4.69, 9.17) is 9.84 Å². The summed E-state index contributed by atoms with van der Waals surface area (Å²) in [6.07, 6.45) is 0. The summed E-state index contributed by atoms with van der Waals surface area (Å²) in [5.74, 6) is 0.164. The minimum absolute atomic E-state index is 0.0471. The molecule has 70 valence electrons. The molecule has 0 amide bonds. The van der Waals surface area contributed by atoms with Crippen LogP contribution in [-0.4, -0.2) is 11.1 Å². The maximum Gasteiger partial charge on any atom is 0.308 e. The van der Waals surface area contributed by atoms with Gasteiger partial charge in [0, 0.05) is 6.92 Å². The van der Waals surface area contributed by atoms with Crippen LogP contribution >= 0.6 is 0 Å². The minimum atomic E-state index is -0.349. The molecule has 3 nitrogen and oxygen atoms in total. The van der Waals surface area contributed by atoms with Crippen molar-refractivity contribution in [3.63, 3.8) is 0 Å². The van der Waals surface area contributed by atoms with E-state index in [9.17, 15) is 4.79 Å². The molecule has 0 heterocycles. The van der Waals surface area contributed by atoms with E-state index in [1.807, 2.05) is 13.0 Å². The first-order chi connectivity index (χ1) is 6.13. The zero-order valence-electron chi connectivity index (χ0n) is 7.70.